The average molecular weight is 232 g/mol. The number of halogens is 1. The minimum absolute atomic E-state index is 0.0174. The highest BCUT2D eigenvalue weighted by Crippen LogP contribution is 2.41. The molecule has 1 aromatic rings. The molecule has 0 fully saturated rings. The van der Waals surface area contributed by atoms with Gasteiger partial charge in [-0.3, -0.25) is 0 Å². The molecule has 0 heterocycles. The molecular formula is C10H14ClNO3. The first-order chi connectivity index (χ1) is 6.72. The van der Waals surface area contributed by atoms with E-state index in [2.05, 4.69) is 0 Å². The normalized spacial score (nSPS) is 11.7. The van der Waals surface area contributed by atoms with Gasteiger partial charge in [0.15, 0.2) is 11.5 Å². The van der Waals surface area contributed by atoms with Crippen molar-refractivity contribution in [3.63, 3.8) is 0 Å². The maximum atomic E-state index is 9.57. The lowest BCUT2D eigenvalue weighted by Gasteiger charge is -2.20. The monoisotopic (exact) mass is 231 g/mol. The van der Waals surface area contributed by atoms with Crippen molar-refractivity contribution in [3.8, 4) is 17.2 Å². The molecule has 0 bridgehead atoms. The fourth-order valence-electron chi connectivity index (χ4n) is 1.29. The van der Waals surface area contributed by atoms with E-state index >= 15 is 0 Å². The molecule has 0 radical (unpaired) electrons. The Labute approximate surface area is 92.9 Å². The van der Waals surface area contributed by atoms with E-state index in [9.17, 15) is 15.3 Å². The molecule has 0 atom stereocenters. The molecule has 0 aliphatic carbocycles. The second-order valence-electron chi connectivity index (χ2n) is 4.22. The van der Waals surface area contributed by atoms with Gasteiger partial charge in [0, 0.05) is 17.2 Å². The van der Waals surface area contributed by atoms with E-state index in [-0.39, 0.29) is 28.5 Å². The zero-order chi connectivity index (χ0) is 11.8. The van der Waals surface area contributed by atoms with Crippen LogP contribution in [0.15, 0.2) is 6.07 Å². The van der Waals surface area contributed by atoms with Crippen LogP contribution in [-0.2, 0) is 6.42 Å². The summed E-state index contributed by atoms with van der Waals surface area (Å²) in [5.41, 5.74) is 5.43. The maximum absolute atomic E-state index is 9.57. The molecule has 0 saturated heterocycles. The van der Waals surface area contributed by atoms with Crippen molar-refractivity contribution >= 4 is 11.6 Å². The second kappa shape index (κ2) is 3.79. The molecule has 1 aromatic carbocycles. The van der Waals surface area contributed by atoms with E-state index in [4.69, 9.17) is 17.3 Å². The summed E-state index contributed by atoms with van der Waals surface area (Å²) in [5, 5.41) is 28.2. The lowest BCUT2D eigenvalue weighted by molar-refractivity contribution is 0.386. The molecule has 0 saturated carbocycles. The third-order valence-electron chi connectivity index (χ3n) is 1.92. The standard InChI is InChI=1S/C10H14ClNO3/c1-10(2,12)4-5-8(11)6(13)3-7(14)9(5)15/h3,13-15H,4,12H2,1-2H3. The van der Waals surface area contributed by atoms with Crippen LogP contribution < -0.4 is 5.73 Å². The van der Waals surface area contributed by atoms with Gasteiger partial charge in [0.1, 0.15) is 5.75 Å². The van der Waals surface area contributed by atoms with Crippen LogP contribution in [0.4, 0.5) is 0 Å². The Bertz CT molecular complexity index is 359. The largest absolute Gasteiger partial charge is 0.506 e. The molecule has 0 aliphatic heterocycles. The fourth-order valence-corrected chi connectivity index (χ4v) is 1.50. The van der Waals surface area contributed by atoms with Crippen molar-refractivity contribution < 1.29 is 15.3 Å². The zero-order valence-electron chi connectivity index (χ0n) is 8.58. The van der Waals surface area contributed by atoms with Crippen LogP contribution >= 0.6 is 11.6 Å². The molecular weight excluding hydrogens is 218 g/mol. The highest BCUT2D eigenvalue weighted by molar-refractivity contribution is 6.33. The Morgan fingerprint density at radius 1 is 1.27 bits per heavy atom. The summed E-state index contributed by atoms with van der Waals surface area (Å²) < 4.78 is 0. The minimum atomic E-state index is -0.596. The first-order valence-corrected chi connectivity index (χ1v) is 4.81. The summed E-state index contributed by atoms with van der Waals surface area (Å²) >= 11 is 5.80. The number of aromatic hydroxyl groups is 3. The SMILES string of the molecule is CC(C)(N)Cc1c(O)c(O)cc(O)c1Cl. The van der Waals surface area contributed by atoms with Crippen LogP contribution in [0.25, 0.3) is 0 Å². The van der Waals surface area contributed by atoms with Crippen LogP contribution in [0, 0.1) is 0 Å². The topological polar surface area (TPSA) is 86.7 Å². The van der Waals surface area contributed by atoms with E-state index in [0.717, 1.165) is 6.07 Å². The second-order valence-corrected chi connectivity index (χ2v) is 4.60. The molecule has 84 valence electrons. The van der Waals surface area contributed by atoms with Gasteiger partial charge in [-0.2, -0.15) is 0 Å². The summed E-state index contributed by atoms with van der Waals surface area (Å²) in [4.78, 5) is 0. The zero-order valence-corrected chi connectivity index (χ0v) is 9.34. The summed E-state index contributed by atoms with van der Waals surface area (Å²) in [5.74, 6) is -1.02. The summed E-state index contributed by atoms with van der Waals surface area (Å²) in [7, 11) is 0. The molecule has 1 rings (SSSR count). The van der Waals surface area contributed by atoms with Gasteiger partial charge in [0.2, 0.25) is 0 Å². The van der Waals surface area contributed by atoms with E-state index < -0.39 is 11.3 Å². The van der Waals surface area contributed by atoms with Gasteiger partial charge in [-0.1, -0.05) is 11.6 Å². The molecule has 0 spiro atoms. The quantitative estimate of drug-likeness (QED) is 0.461. The molecule has 4 nitrogen and oxygen atoms in total. The number of nitrogens with two attached hydrogens (primary N) is 1. The third kappa shape index (κ3) is 2.67. The molecule has 0 aromatic heterocycles. The van der Waals surface area contributed by atoms with E-state index in [1.807, 2.05) is 0 Å². The van der Waals surface area contributed by atoms with Crippen LogP contribution in [0.1, 0.15) is 19.4 Å². The number of benzene rings is 1. The summed E-state index contributed by atoms with van der Waals surface area (Å²) in [6.07, 6.45) is 0.250. The number of phenols is 3. The molecule has 0 aliphatic rings. The van der Waals surface area contributed by atoms with E-state index in [0.29, 0.717) is 0 Å². The van der Waals surface area contributed by atoms with Crippen LogP contribution in [0.2, 0.25) is 5.02 Å². The molecule has 0 amide bonds. The lowest BCUT2D eigenvalue weighted by Crippen LogP contribution is -2.34. The highest BCUT2D eigenvalue weighted by atomic mass is 35.5. The van der Waals surface area contributed by atoms with Crippen LogP contribution in [0.3, 0.4) is 0 Å². The van der Waals surface area contributed by atoms with Gasteiger partial charge in [-0.15, -0.1) is 0 Å². The first-order valence-electron chi connectivity index (χ1n) is 4.43. The number of phenolic OH excluding ortho intramolecular Hbond substituents is 3. The van der Waals surface area contributed by atoms with E-state index in [1.165, 1.54) is 0 Å². The number of rotatable bonds is 2. The fraction of sp³-hybridized carbons (Fsp3) is 0.400. The van der Waals surface area contributed by atoms with Crippen molar-refractivity contribution in [2.45, 2.75) is 25.8 Å². The van der Waals surface area contributed by atoms with Gasteiger partial charge in [-0.05, 0) is 20.3 Å². The van der Waals surface area contributed by atoms with Gasteiger partial charge in [0.25, 0.3) is 0 Å². The van der Waals surface area contributed by atoms with Gasteiger partial charge in [0.05, 0.1) is 5.02 Å². The lowest BCUT2D eigenvalue weighted by atomic mass is 9.95. The smallest absolute Gasteiger partial charge is 0.162 e. The Hall–Kier alpha value is -1.13. The number of hydrogen-bond donors (Lipinski definition) is 4. The predicted molar refractivity (Wildman–Crippen MR) is 58.4 cm³/mol. The Kier molecular flexibility index (Phi) is 3.02. The van der Waals surface area contributed by atoms with Crippen molar-refractivity contribution in [2.24, 2.45) is 5.73 Å². The first kappa shape index (κ1) is 11.9. The van der Waals surface area contributed by atoms with Crippen molar-refractivity contribution in [1.29, 1.82) is 0 Å². The minimum Gasteiger partial charge on any atom is -0.506 e. The van der Waals surface area contributed by atoms with Crippen LogP contribution in [-0.4, -0.2) is 20.9 Å². The average Bonchev–Trinajstić information content (AvgIpc) is 2.08. The number of hydrogen-bond acceptors (Lipinski definition) is 4. The van der Waals surface area contributed by atoms with Crippen LogP contribution in [0.5, 0.6) is 17.2 Å². The molecule has 5 N–H and O–H groups in total. The highest BCUT2D eigenvalue weighted by Gasteiger charge is 2.21. The predicted octanol–water partition coefficient (Wildman–Crippen LogP) is 1.74. The summed E-state index contributed by atoms with van der Waals surface area (Å²) in [6, 6.07) is 0.991. The Morgan fingerprint density at radius 3 is 2.27 bits per heavy atom. The van der Waals surface area contributed by atoms with Crippen molar-refractivity contribution in [2.75, 3.05) is 0 Å². The Morgan fingerprint density at radius 2 is 1.80 bits per heavy atom. The Balaban J connectivity index is 3.27. The van der Waals surface area contributed by atoms with E-state index in [1.54, 1.807) is 13.8 Å². The molecule has 5 heteroatoms. The van der Waals surface area contributed by atoms with Gasteiger partial charge >= 0.3 is 0 Å². The molecule has 0 unspecified atom stereocenters. The maximum Gasteiger partial charge on any atom is 0.162 e. The molecule has 15 heavy (non-hydrogen) atoms. The van der Waals surface area contributed by atoms with Crippen molar-refractivity contribution in [3.05, 3.63) is 16.7 Å². The van der Waals surface area contributed by atoms with Gasteiger partial charge in [-0.25, -0.2) is 0 Å². The summed E-state index contributed by atoms with van der Waals surface area (Å²) in [6.45, 7) is 3.51. The third-order valence-corrected chi connectivity index (χ3v) is 2.35. The van der Waals surface area contributed by atoms with Crippen molar-refractivity contribution in [1.82, 2.24) is 0 Å². The van der Waals surface area contributed by atoms with Gasteiger partial charge < -0.3 is 21.1 Å².